The number of benzene rings is 2. The molecule has 0 aromatic heterocycles. The van der Waals surface area contributed by atoms with Crippen LogP contribution in [0.5, 0.6) is 11.5 Å². The number of rotatable bonds is 7. The van der Waals surface area contributed by atoms with E-state index in [2.05, 4.69) is 5.32 Å². The third kappa shape index (κ3) is 5.61. The summed E-state index contributed by atoms with van der Waals surface area (Å²) in [5.74, 6) is -0.574. The fourth-order valence-electron chi connectivity index (χ4n) is 2.09. The van der Waals surface area contributed by atoms with Gasteiger partial charge in [0.05, 0.1) is 7.11 Å². The number of carboxylic acid groups (broad SMARTS) is 1. The number of carbonyl (C=O) groups is 2. The third-order valence-electron chi connectivity index (χ3n) is 3.56. The molecule has 2 rings (SSSR count). The monoisotopic (exact) mass is 366 g/mol. The maximum absolute atomic E-state index is 12.3. The van der Waals surface area contributed by atoms with E-state index in [0.717, 1.165) is 0 Å². The Labute approximate surface area is 156 Å². The summed E-state index contributed by atoms with van der Waals surface area (Å²) in [5.41, 5.74) is 1.07. The first-order valence-corrected chi connectivity index (χ1v) is 7.99. The van der Waals surface area contributed by atoms with E-state index < -0.39 is 18.0 Å². The molecule has 0 saturated carbocycles. The van der Waals surface area contributed by atoms with Crippen molar-refractivity contribution in [2.24, 2.45) is 0 Å². The van der Waals surface area contributed by atoms with E-state index in [1.807, 2.05) is 6.07 Å². The minimum absolute atomic E-state index is 0.0709. The van der Waals surface area contributed by atoms with E-state index in [-0.39, 0.29) is 5.57 Å². The van der Waals surface area contributed by atoms with Crippen LogP contribution in [0.4, 0.5) is 5.69 Å². The number of ether oxygens (including phenoxy) is 2. The summed E-state index contributed by atoms with van der Waals surface area (Å²) in [6.07, 6.45) is 0.458. The van der Waals surface area contributed by atoms with Crippen molar-refractivity contribution in [2.45, 2.75) is 13.0 Å². The van der Waals surface area contributed by atoms with Gasteiger partial charge in [-0.15, -0.1) is 0 Å². The topological polar surface area (TPSA) is 109 Å². The van der Waals surface area contributed by atoms with Gasteiger partial charge in [0, 0.05) is 5.69 Å². The molecule has 2 aromatic carbocycles. The van der Waals surface area contributed by atoms with E-state index in [0.29, 0.717) is 22.7 Å². The lowest BCUT2D eigenvalue weighted by molar-refractivity contribution is -0.144. The van der Waals surface area contributed by atoms with Crippen LogP contribution in [0.15, 0.2) is 54.1 Å². The summed E-state index contributed by atoms with van der Waals surface area (Å²) in [7, 11) is 1.54. The third-order valence-corrected chi connectivity index (χ3v) is 3.56. The van der Waals surface area contributed by atoms with Crippen molar-refractivity contribution in [3.63, 3.8) is 0 Å². The zero-order valence-corrected chi connectivity index (χ0v) is 14.8. The number of nitrogens with zero attached hydrogens (tertiary/aromatic N) is 1. The lowest BCUT2D eigenvalue weighted by Gasteiger charge is -2.10. The standard InChI is InChI=1S/C20H18N2O5/c1-13(20(24)25)27-18-7-3-14(4-8-18)11-15(12-21)19(23)22-16-5-9-17(26-2)10-6-16/h3-11,13H,1-2H3,(H,22,23)(H,24,25)/b15-11-/t13-/m1/s1. The Hall–Kier alpha value is -3.79. The molecule has 1 atom stereocenters. The van der Waals surface area contributed by atoms with Gasteiger partial charge in [-0.25, -0.2) is 4.79 Å². The Balaban J connectivity index is 2.08. The second kappa shape index (κ2) is 9.06. The zero-order chi connectivity index (χ0) is 19.8. The molecular weight excluding hydrogens is 348 g/mol. The van der Waals surface area contributed by atoms with Gasteiger partial charge < -0.3 is 19.9 Å². The molecule has 1 amide bonds. The van der Waals surface area contributed by atoms with E-state index in [1.54, 1.807) is 55.6 Å². The minimum Gasteiger partial charge on any atom is -0.497 e. The number of carboxylic acids is 1. The number of anilines is 1. The Kier molecular flexibility index (Phi) is 6.55. The molecule has 2 aromatic rings. The van der Waals surface area contributed by atoms with Crippen LogP contribution in [0.25, 0.3) is 6.08 Å². The highest BCUT2D eigenvalue weighted by Crippen LogP contribution is 2.18. The number of aliphatic carboxylic acids is 1. The van der Waals surface area contributed by atoms with E-state index in [9.17, 15) is 14.9 Å². The Morgan fingerprint density at radius 3 is 2.22 bits per heavy atom. The molecule has 0 aliphatic heterocycles. The van der Waals surface area contributed by atoms with Gasteiger partial charge in [0.25, 0.3) is 5.91 Å². The molecule has 0 radical (unpaired) electrons. The normalized spacial score (nSPS) is 11.8. The van der Waals surface area contributed by atoms with Gasteiger partial charge in [-0.05, 0) is 55.0 Å². The zero-order valence-electron chi connectivity index (χ0n) is 14.8. The Morgan fingerprint density at radius 1 is 1.11 bits per heavy atom. The van der Waals surface area contributed by atoms with Crippen LogP contribution in [0, 0.1) is 11.3 Å². The number of nitriles is 1. The number of carbonyl (C=O) groups excluding carboxylic acids is 1. The van der Waals surface area contributed by atoms with Crippen molar-refractivity contribution in [1.82, 2.24) is 0 Å². The summed E-state index contributed by atoms with van der Waals surface area (Å²) in [6, 6.07) is 15.0. The van der Waals surface area contributed by atoms with Gasteiger partial charge in [0.1, 0.15) is 23.1 Å². The van der Waals surface area contributed by atoms with Gasteiger partial charge >= 0.3 is 5.97 Å². The SMILES string of the molecule is COc1ccc(NC(=O)/C(C#N)=C\c2ccc(O[C@H](C)C(=O)O)cc2)cc1. The second-order valence-corrected chi connectivity index (χ2v) is 5.52. The second-order valence-electron chi connectivity index (χ2n) is 5.52. The average molecular weight is 366 g/mol. The van der Waals surface area contributed by atoms with Crippen molar-refractivity contribution in [2.75, 3.05) is 12.4 Å². The maximum Gasteiger partial charge on any atom is 0.344 e. The smallest absolute Gasteiger partial charge is 0.344 e. The molecule has 138 valence electrons. The minimum atomic E-state index is -1.07. The largest absolute Gasteiger partial charge is 0.497 e. The van der Waals surface area contributed by atoms with Crippen molar-refractivity contribution >= 4 is 23.6 Å². The summed E-state index contributed by atoms with van der Waals surface area (Å²) < 4.78 is 10.3. The Morgan fingerprint density at radius 2 is 1.70 bits per heavy atom. The molecule has 0 aliphatic carbocycles. The molecule has 0 spiro atoms. The number of methoxy groups -OCH3 is 1. The van der Waals surface area contributed by atoms with Gasteiger partial charge in [-0.1, -0.05) is 12.1 Å². The summed E-state index contributed by atoms with van der Waals surface area (Å²) in [4.78, 5) is 23.1. The number of hydrogen-bond acceptors (Lipinski definition) is 5. The van der Waals surface area contributed by atoms with Crippen LogP contribution in [0.1, 0.15) is 12.5 Å². The fraction of sp³-hybridized carbons (Fsp3) is 0.150. The van der Waals surface area contributed by atoms with Gasteiger partial charge in [-0.2, -0.15) is 5.26 Å². The first-order valence-electron chi connectivity index (χ1n) is 7.99. The molecule has 0 unspecified atom stereocenters. The van der Waals surface area contributed by atoms with Crippen LogP contribution >= 0.6 is 0 Å². The first kappa shape index (κ1) is 19.5. The molecule has 0 saturated heterocycles. The molecule has 0 bridgehead atoms. The van der Waals surface area contributed by atoms with Crippen molar-refractivity contribution in [3.05, 3.63) is 59.7 Å². The highest BCUT2D eigenvalue weighted by Gasteiger charge is 2.13. The van der Waals surface area contributed by atoms with Crippen molar-refractivity contribution in [3.8, 4) is 17.6 Å². The quantitative estimate of drug-likeness (QED) is 0.576. The van der Waals surface area contributed by atoms with Crippen LogP contribution < -0.4 is 14.8 Å². The summed E-state index contributed by atoms with van der Waals surface area (Å²) in [6.45, 7) is 1.42. The molecule has 0 heterocycles. The predicted octanol–water partition coefficient (Wildman–Crippen LogP) is 3.09. The summed E-state index contributed by atoms with van der Waals surface area (Å²) >= 11 is 0. The molecule has 0 aliphatic rings. The van der Waals surface area contributed by atoms with Gasteiger partial charge in [0.2, 0.25) is 0 Å². The van der Waals surface area contributed by atoms with E-state index in [4.69, 9.17) is 14.6 Å². The van der Waals surface area contributed by atoms with Crippen LogP contribution in [-0.4, -0.2) is 30.2 Å². The van der Waals surface area contributed by atoms with Gasteiger partial charge in [-0.3, -0.25) is 4.79 Å². The van der Waals surface area contributed by atoms with Crippen molar-refractivity contribution < 1.29 is 24.2 Å². The molecule has 2 N–H and O–H groups in total. The highest BCUT2D eigenvalue weighted by molar-refractivity contribution is 6.09. The number of hydrogen-bond donors (Lipinski definition) is 2. The molecule has 7 nitrogen and oxygen atoms in total. The number of nitrogens with one attached hydrogen (secondary N) is 1. The maximum atomic E-state index is 12.3. The van der Waals surface area contributed by atoms with Crippen LogP contribution in [0.2, 0.25) is 0 Å². The predicted molar refractivity (Wildman–Crippen MR) is 99.4 cm³/mol. The lowest BCUT2D eigenvalue weighted by Crippen LogP contribution is -2.22. The van der Waals surface area contributed by atoms with Crippen LogP contribution in [0.3, 0.4) is 0 Å². The molecular formula is C20H18N2O5. The summed E-state index contributed by atoms with van der Waals surface area (Å²) in [5, 5.41) is 20.7. The van der Waals surface area contributed by atoms with Crippen LogP contribution in [-0.2, 0) is 9.59 Å². The fourth-order valence-corrected chi connectivity index (χ4v) is 2.09. The lowest BCUT2D eigenvalue weighted by atomic mass is 10.1. The van der Waals surface area contributed by atoms with Crippen molar-refractivity contribution in [1.29, 1.82) is 5.26 Å². The molecule has 27 heavy (non-hydrogen) atoms. The first-order chi connectivity index (χ1) is 12.9. The molecule has 0 fully saturated rings. The highest BCUT2D eigenvalue weighted by atomic mass is 16.5. The van der Waals surface area contributed by atoms with E-state index in [1.165, 1.54) is 13.0 Å². The average Bonchev–Trinajstić information content (AvgIpc) is 2.67. The Bertz CT molecular complexity index is 880. The number of amides is 1. The van der Waals surface area contributed by atoms with E-state index >= 15 is 0 Å². The molecule has 7 heteroatoms. The van der Waals surface area contributed by atoms with Gasteiger partial charge in [0.15, 0.2) is 6.10 Å².